The smallest absolute Gasteiger partial charge is 0.229 e. The zero-order valence-electron chi connectivity index (χ0n) is 7.98. The maximum absolute atomic E-state index is 11.5. The lowest BCUT2D eigenvalue weighted by Crippen LogP contribution is -2.26. The van der Waals surface area contributed by atoms with E-state index in [-0.39, 0.29) is 18.9 Å². The highest BCUT2D eigenvalue weighted by molar-refractivity contribution is 6.34. The van der Waals surface area contributed by atoms with Crippen molar-refractivity contribution >= 4 is 28.9 Å². The molecule has 1 heterocycles. The molecule has 0 radical (unpaired) electrons. The first-order chi connectivity index (χ1) is 7.09. The van der Waals surface area contributed by atoms with E-state index >= 15 is 0 Å². The summed E-state index contributed by atoms with van der Waals surface area (Å²) in [5.74, 6) is -0.151. The van der Waals surface area contributed by atoms with E-state index in [1.807, 2.05) is 0 Å². The summed E-state index contributed by atoms with van der Waals surface area (Å²) in [5, 5.41) is 9.79. The van der Waals surface area contributed by atoms with Gasteiger partial charge in [-0.2, -0.15) is 0 Å². The van der Waals surface area contributed by atoms with Gasteiger partial charge in [-0.3, -0.25) is 4.79 Å². The van der Waals surface area contributed by atoms with Gasteiger partial charge in [-0.15, -0.1) is 0 Å². The fourth-order valence-corrected chi connectivity index (χ4v) is 2.01. The Morgan fingerprint density at radius 2 is 2.27 bits per heavy atom. The number of para-hydroxylation sites is 1. The number of β-amino-alcohol motifs (C(OH)–C–C–N with tert-alkyl or cyclic N) is 1. The normalized spacial score (nSPS) is 21.1. The van der Waals surface area contributed by atoms with Crippen LogP contribution in [0.2, 0.25) is 5.02 Å². The molecule has 1 aliphatic rings. The highest BCUT2D eigenvalue weighted by Crippen LogP contribution is 2.34. The average molecular weight is 227 g/mol. The molecule has 0 aliphatic carbocycles. The fraction of sp³-hybridized carbons (Fsp3) is 0.300. The Labute approximate surface area is 92.2 Å². The van der Waals surface area contributed by atoms with Crippen molar-refractivity contribution in [3.05, 3.63) is 23.2 Å². The molecule has 0 bridgehead atoms. The van der Waals surface area contributed by atoms with Gasteiger partial charge in [0.2, 0.25) is 5.91 Å². The van der Waals surface area contributed by atoms with E-state index in [0.717, 1.165) is 0 Å². The van der Waals surface area contributed by atoms with Crippen LogP contribution in [0.15, 0.2) is 18.2 Å². The van der Waals surface area contributed by atoms with Crippen LogP contribution in [0.5, 0.6) is 0 Å². The predicted molar refractivity (Wildman–Crippen MR) is 58.8 cm³/mol. The predicted octanol–water partition coefficient (Wildman–Crippen LogP) is 1.02. The number of aliphatic hydroxyl groups excluding tert-OH is 1. The number of nitrogen functional groups attached to an aromatic ring is 1. The van der Waals surface area contributed by atoms with Crippen LogP contribution in [-0.2, 0) is 4.79 Å². The Bertz CT molecular complexity index is 388. The van der Waals surface area contributed by atoms with Crippen molar-refractivity contribution in [1.29, 1.82) is 0 Å². The lowest BCUT2D eigenvalue weighted by molar-refractivity contribution is -0.117. The molecule has 5 heteroatoms. The molecule has 1 atom stereocenters. The van der Waals surface area contributed by atoms with Crippen LogP contribution in [0, 0.1) is 0 Å². The van der Waals surface area contributed by atoms with E-state index in [1.54, 1.807) is 18.2 Å². The van der Waals surface area contributed by atoms with Crippen molar-refractivity contribution in [1.82, 2.24) is 0 Å². The summed E-state index contributed by atoms with van der Waals surface area (Å²) in [6, 6.07) is 5.07. The molecule has 0 aromatic heterocycles. The molecule has 15 heavy (non-hydrogen) atoms. The molecule has 3 N–H and O–H groups in total. The summed E-state index contributed by atoms with van der Waals surface area (Å²) in [5.41, 5.74) is 6.70. The molecule has 1 fully saturated rings. The number of benzene rings is 1. The molecule has 2 rings (SSSR count). The van der Waals surface area contributed by atoms with Crippen molar-refractivity contribution in [2.24, 2.45) is 0 Å². The molecule has 0 spiro atoms. The Morgan fingerprint density at radius 1 is 1.53 bits per heavy atom. The number of rotatable bonds is 1. The molecule has 1 aliphatic heterocycles. The largest absolute Gasteiger partial charge is 0.397 e. The van der Waals surface area contributed by atoms with Gasteiger partial charge in [0, 0.05) is 0 Å². The molecule has 1 saturated heterocycles. The van der Waals surface area contributed by atoms with Gasteiger partial charge in [0.1, 0.15) is 0 Å². The lowest BCUT2D eigenvalue weighted by atomic mass is 10.2. The quantitative estimate of drug-likeness (QED) is 0.703. The first kappa shape index (κ1) is 10.3. The van der Waals surface area contributed by atoms with Gasteiger partial charge in [-0.1, -0.05) is 17.7 Å². The zero-order valence-corrected chi connectivity index (χ0v) is 8.74. The Morgan fingerprint density at radius 3 is 2.80 bits per heavy atom. The number of hydrogen-bond donors (Lipinski definition) is 2. The minimum atomic E-state index is -0.631. The summed E-state index contributed by atoms with van der Waals surface area (Å²) in [6.45, 7) is 0.257. The lowest BCUT2D eigenvalue weighted by Gasteiger charge is -2.19. The molecule has 80 valence electrons. The third kappa shape index (κ3) is 1.78. The topological polar surface area (TPSA) is 66.6 Å². The second-order valence-corrected chi connectivity index (χ2v) is 3.95. The van der Waals surface area contributed by atoms with Crippen LogP contribution in [0.4, 0.5) is 11.4 Å². The minimum absolute atomic E-state index is 0.130. The maximum atomic E-state index is 11.5. The van der Waals surface area contributed by atoms with E-state index in [9.17, 15) is 9.90 Å². The molecule has 0 saturated carbocycles. The van der Waals surface area contributed by atoms with Gasteiger partial charge in [0.05, 0.1) is 35.5 Å². The van der Waals surface area contributed by atoms with Crippen LogP contribution in [0.3, 0.4) is 0 Å². The number of carbonyl (C=O) groups is 1. The summed E-state index contributed by atoms with van der Waals surface area (Å²) in [7, 11) is 0. The summed E-state index contributed by atoms with van der Waals surface area (Å²) in [6.07, 6.45) is -0.502. The van der Waals surface area contributed by atoms with E-state index in [2.05, 4.69) is 0 Å². The molecular weight excluding hydrogens is 216 g/mol. The standard InChI is InChI=1S/C10H11ClN2O2/c11-7-2-1-3-8(12)10(7)13-5-6(14)4-9(13)15/h1-3,6,14H,4-5,12H2. The maximum Gasteiger partial charge on any atom is 0.229 e. The monoisotopic (exact) mass is 226 g/mol. The van der Waals surface area contributed by atoms with Crippen molar-refractivity contribution < 1.29 is 9.90 Å². The number of nitrogens with two attached hydrogens (primary N) is 1. The third-order valence-electron chi connectivity index (χ3n) is 2.39. The van der Waals surface area contributed by atoms with Crippen LogP contribution in [-0.4, -0.2) is 23.7 Å². The van der Waals surface area contributed by atoms with Crippen molar-refractivity contribution in [2.45, 2.75) is 12.5 Å². The second-order valence-electron chi connectivity index (χ2n) is 3.54. The highest BCUT2D eigenvalue weighted by atomic mass is 35.5. The van der Waals surface area contributed by atoms with Crippen LogP contribution < -0.4 is 10.6 Å². The van der Waals surface area contributed by atoms with E-state index in [0.29, 0.717) is 16.4 Å². The number of hydrogen-bond acceptors (Lipinski definition) is 3. The van der Waals surface area contributed by atoms with E-state index in [4.69, 9.17) is 17.3 Å². The summed E-state index contributed by atoms with van der Waals surface area (Å²) in [4.78, 5) is 13.0. The molecule has 1 unspecified atom stereocenters. The Kier molecular flexibility index (Phi) is 2.54. The molecular formula is C10H11ClN2O2. The molecule has 4 nitrogen and oxygen atoms in total. The van der Waals surface area contributed by atoms with Gasteiger partial charge >= 0.3 is 0 Å². The van der Waals surface area contributed by atoms with Gasteiger partial charge in [0.15, 0.2) is 0 Å². The first-order valence-electron chi connectivity index (χ1n) is 4.62. The average Bonchev–Trinajstić information content (AvgIpc) is 2.45. The summed E-state index contributed by atoms with van der Waals surface area (Å²) >= 11 is 5.97. The first-order valence-corrected chi connectivity index (χ1v) is 5.00. The van der Waals surface area contributed by atoms with Crippen molar-refractivity contribution in [3.8, 4) is 0 Å². The Balaban J connectivity index is 2.41. The number of aliphatic hydroxyl groups is 1. The van der Waals surface area contributed by atoms with Crippen LogP contribution >= 0.6 is 11.6 Å². The molecule has 1 amide bonds. The summed E-state index contributed by atoms with van der Waals surface area (Å²) < 4.78 is 0. The SMILES string of the molecule is Nc1cccc(Cl)c1N1CC(O)CC1=O. The van der Waals surface area contributed by atoms with Gasteiger partial charge in [-0.25, -0.2) is 0 Å². The minimum Gasteiger partial charge on any atom is -0.397 e. The van der Waals surface area contributed by atoms with Crippen LogP contribution in [0.1, 0.15) is 6.42 Å². The number of halogens is 1. The zero-order chi connectivity index (χ0) is 11.0. The number of carbonyl (C=O) groups excluding carboxylic acids is 1. The second kappa shape index (κ2) is 3.72. The van der Waals surface area contributed by atoms with E-state index in [1.165, 1.54) is 4.90 Å². The molecule has 1 aromatic carbocycles. The Hall–Kier alpha value is -1.26. The number of anilines is 2. The van der Waals surface area contributed by atoms with Gasteiger partial charge < -0.3 is 15.7 Å². The van der Waals surface area contributed by atoms with Gasteiger partial charge in [0.25, 0.3) is 0 Å². The van der Waals surface area contributed by atoms with Gasteiger partial charge in [-0.05, 0) is 12.1 Å². The highest BCUT2D eigenvalue weighted by Gasteiger charge is 2.31. The molecule has 1 aromatic rings. The van der Waals surface area contributed by atoms with E-state index < -0.39 is 6.10 Å². The van der Waals surface area contributed by atoms with Crippen LogP contribution in [0.25, 0.3) is 0 Å². The fourth-order valence-electron chi connectivity index (χ4n) is 1.72. The van der Waals surface area contributed by atoms with Crippen molar-refractivity contribution in [3.63, 3.8) is 0 Å². The number of amides is 1. The third-order valence-corrected chi connectivity index (χ3v) is 2.70. The number of nitrogens with zero attached hydrogens (tertiary/aromatic N) is 1. The van der Waals surface area contributed by atoms with Crippen molar-refractivity contribution in [2.75, 3.05) is 17.2 Å².